The Labute approximate surface area is 52.2 Å². The van der Waals surface area contributed by atoms with Crippen molar-refractivity contribution in [2.75, 3.05) is 0 Å². The molecule has 0 aromatic carbocycles. The molecule has 0 aliphatic carbocycles. The lowest BCUT2D eigenvalue weighted by Gasteiger charge is -2.08. The monoisotopic (exact) mass is 131 g/mol. The van der Waals surface area contributed by atoms with E-state index in [9.17, 15) is 0 Å². The van der Waals surface area contributed by atoms with Crippen LogP contribution in [-0.4, -0.2) is 11.3 Å². The van der Waals surface area contributed by atoms with Crippen molar-refractivity contribution < 1.29 is 0 Å². The molecule has 1 unspecified atom stereocenters. The van der Waals surface area contributed by atoms with Crippen LogP contribution in [0.25, 0.3) is 0 Å². The number of allylic oxidation sites excluding steroid dienone is 1. The van der Waals surface area contributed by atoms with Crippen LogP contribution < -0.4 is 11.2 Å². The lowest BCUT2D eigenvalue weighted by atomic mass is 10.4. The summed E-state index contributed by atoms with van der Waals surface area (Å²) in [5, 5.41) is 4.07. The molecule has 1 aliphatic heterocycles. The number of nitrogens with zero attached hydrogens (tertiary/aromatic N) is 1. The third kappa shape index (κ3) is 1.21. The van der Waals surface area contributed by atoms with Crippen molar-refractivity contribution in [2.45, 2.75) is 6.17 Å². The van der Waals surface area contributed by atoms with Crippen LogP contribution in [0.1, 0.15) is 0 Å². The first-order valence-corrected chi connectivity index (χ1v) is 2.59. The quantitative estimate of drug-likeness (QED) is 0.486. The van der Waals surface area contributed by atoms with Crippen LogP contribution in [0.3, 0.4) is 0 Å². The van der Waals surface area contributed by atoms with Crippen molar-refractivity contribution in [3.05, 3.63) is 12.2 Å². The summed E-state index contributed by atoms with van der Waals surface area (Å²) < 4.78 is 0. The number of nitrogens with one attached hydrogen (secondary N) is 1. The molecule has 1 atom stereocenters. The topological polar surface area (TPSA) is 50.4 Å². The molecule has 0 bridgehead atoms. The zero-order chi connectivity index (χ0) is 5.98. The Bertz CT molecular complexity index is 140. The number of hydrazone groups is 1. The molecule has 0 saturated heterocycles. The van der Waals surface area contributed by atoms with Gasteiger partial charge in [0.25, 0.3) is 0 Å². The number of hydrogen-bond acceptors (Lipinski definition) is 3. The smallest absolute Gasteiger partial charge is 0.148 e. The summed E-state index contributed by atoms with van der Waals surface area (Å²) in [6, 6.07) is 0. The van der Waals surface area contributed by atoms with E-state index < -0.39 is 0 Å². The van der Waals surface area contributed by atoms with Crippen molar-refractivity contribution in [2.24, 2.45) is 10.8 Å². The van der Waals surface area contributed by atoms with Gasteiger partial charge in [0.15, 0.2) is 0 Å². The maximum Gasteiger partial charge on any atom is 0.148 e. The van der Waals surface area contributed by atoms with Gasteiger partial charge in [-0.25, -0.2) is 0 Å². The van der Waals surface area contributed by atoms with Crippen LogP contribution >= 0.6 is 11.6 Å². The van der Waals surface area contributed by atoms with Crippen LogP contribution in [0.4, 0.5) is 0 Å². The Balaban J connectivity index is 2.58. The standard InChI is InChI=1S/C4H6ClN3/c5-3-1-2-4(6)8-7-3/h1-2,4,8H,6H2. The number of nitrogens with two attached hydrogens (primary N) is 1. The highest BCUT2D eigenvalue weighted by Gasteiger charge is 1.98. The molecule has 0 amide bonds. The van der Waals surface area contributed by atoms with Gasteiger partial charge in [-0.3, -0.25) is 5.43 Å². The molecule has 3 N–H and O–H groups in total. The first-order valence-electron chi connectivity index (χ1n) is 2.21. The van der Waals surface area contributed by atoms with Crippen molar-refractivity contribution in [1.29, 1.82) is 0 Å². The van der Waals surface area contributed by atoms with Gasteiger partial charge in [0.05, 0.1) is 0 Å². The highest BCUT2D eigenvalue weighted by Crippen LogP contribution is 1.93. The van der Waals surface area contributed by atoms with Crippen molar-refractivity contribution in [3.8, 4) is 0 Å². The molecular formula is C4H6ClN3. The summed E-state index contributed by atoms with van der Waals surface area (Å²) in [6.07, 6.45) is 3.20. The highest BCUT2D eigenvalue weighted by molar-refractivity contribution is 6.68. The van der Waals surface area contributed by atoms with Gasteiger partial charge < -0.3 is 5.73 Å². The van der Waals surface area contributed by atoms with E-state index in [1.165, 1.54) is 0 Å². The third-order valence-electron chi connectivity index (χ3n) is 0.762. The van der Waals surface area contributed by atoms with Crippen molar-refractivity contribution in [3.63, 3.8) is 0 Å². The van der Waals surface area contributed by atoms with Crippen molar-refractivity contribution >= 4 is 16.8 Å². The zero-order valence-corrected chi connectivity index (χ0v) is 4.89. The SMILES string of the molecule is NC1C=CC(Cl)=NN1. The zero-order valence-electron chi connectivity index (χ0n) is 4.13. The van der Waals surface area contributed by atoms with Crippen LogP contribution in [0.2, 0.25) is 0 Å². The summed E-state index contributed by atoms with van der Waals surface area (Å²) in [4.78, 5) is 0. The molecule has 0 radical (unpaired) electrons. The van der Waals surface area contributed by atoms with Gasteiger partial charge in [-0.1, -0.05) is 11.6 Å². The second-order valence-electron chi connectivity index (χ2n) is 1.45. The lowest BCUT2D eigenvalue weighted by molar-refractivity contribution is 0.642. The minimum absolute atomic E-state index is 0.183. The Morgan fingerprint density at radius 1 is 1.88 bits per heavy atom. The van der Waals surface area contributed by atoms with E-state index >= 15 is 0 Å². The normalized spacial score (nSPS) is 26.8. The van der Waals surface area contributed by atoms with E-state index in [0.29, 0.717) is 5.17 Å². The predicted molar refractivity (Wildman–Crippen MR) is 33.5 cm³/mol. The van der Waals surface area contributed by atoms with E-state index in [-0.39, 0.29) is 6.17 Å². The summed E-state index contributed by atoms with van der Waals surface area (Å²) in [6.45, 7) is 0. The van der Waals surface area contributed by atoms with Gasteiger partial charge in [-0.2, -0.15) is 5.10 Å². The molecule has 1 heterocycles. The molecule has 4 heteroatoms. The van der Waals surface area contributed by atoms with Gasteiger partial charge in [0.1, 0.15) is 11.3 Å². The summed E-state index contributed by atoms with van der Waals surface area (Å²) >= 11 is 5.43. The fourth-order valence-corrected chi connectivity index (χ4v) is 0.521. The van der Waals surface area contributed by atoms with Crippen molar-refractivity contribution in [1.82, 2.24) is 5.43 Å². The molecule has 44 valence electrons. The van der Waals surface area contributed by atoms with Gasteiger partial charge in [-0.05, 0) is 12.2 Å². The number of hydrogen-bond donors (Lipinski definition) is 2. The molecule has 0 spiro atoms. The Kier molecular flexibility index (Phi) is 1.50. The maximum atomic E-state index is 5.43. The molecule has 0 fully saturated rings. The first kappa shape index (κ1) is 5.59. The summed E-state index contributed by atoms with van der Waals surface area (Å²) in [5.41, 5.74) is 7.91. The van der Waals surface area contributed by atoms with E-state index in [2.05, 4.69) is 10.5 Å². The molecule has 8 heavy (non-hydrogen) atoms. The summed E-state index contributed by atoms with van der Waals surface area (Å²) in [5.74, 6) is 0. The van der Waals surface area contributed by atoms with Gasteiger partial charge >= 0.3 is 0 Å². The Morgan fingerprint density at radius 2 is 2.62 bits per heavy atom. The van der Waals surface area contributed by atoms with Gasteiger partial charge in [0, 0.05) is 0 Å². The van der Waals surface area contributed by atoms with E-state index in [4.69, 9.17) is 17.3 Å². The Hall–Kier alpha value is -0.540. The fraction of sp³-hybridized carbons (Fsp3) is 0.250. The average molecular weight is 132 g/mol. The van der Waals surface area contributed by atoms with E-state index in [1.54, 1.807) is 12.2 Å². The summed E-state index contributed by atoms with van der Waals surface area (Å²) in [7, 11) is 0. The molecule has 1 aliphatic rings. The van der Waals surface area contributed by atoms with E-state index in [1.807, 2.05) is 0 Å². The molecule has 0 aromatic rings. The first-order chi connectivity index (χ1) is 3.79. The molecular weight excluding hydrogens is 126 g/mol. The van der Waals surface area contributed by atoms with Crippen LogP contribution in [-0.2, 0) is 0 Å². The number of halogens is 1. The largest absolute Gasteiger partial charge is 0.307 e. The number of rotatable bonds is 0. The molecule has 0 saturated carbocycles. The second-order valence-corrected chi connectivity index (χ2v) is 1.84. The van der Waals surface area contributed by atoms with Crippen LogP contribution in [0, 0.1) is 0 Å². The molecule has 0 aromatic heterocycles. The highest BCUT2D eigenvalue weighted by atomic mass is 35.5. The minimum Gasteiger partial charge on any atom is -0.307 e. The molecule has 3 nitrogen and oxygen atoms in total. The van der Waals surface area contributed by atoms with Gasteiger partial charge in [0.2, 0.25) is 0 Å². The maximum absolute atomic E-state index is 5.43. The minimum atomic E-state index is -0.183. The average Bonchev–Trinajstić information content (AvgIpc) is 1.77. The van der Waals surface area contributed by atoms with E-state index in [0.717, 1.165) is 0 Å². The van der Waals surface area contributed by atoms with Crippen LogP contribution in [0.5, 0.6) is 0 Å². The molecule has 1 rings (SSSR count). The third-order valence-corrected chi connectivity index (χ3v) is 0.972. The van der Waals surface area contributed by atoms with Crippen LogP contribution in [0.15, 0.2) is 17.3 Å². The Morgan fingerprint density at radius 3 is 3.00 bits per heavy atom. The van der Waals surface area contributed by atoms with Gasteiger partial charge in [-0.15, -0.1) is 0 Å². The predicted octanol–water partition coefficient (Wildman–Crippen LogP) is -0.0171. The lowest BCUT2D eigenvalue weighted by Crippen LogP contribution is -2.33. The fourth-order valence-electron chi connectivity index (χ4n) is 0.400. The second kappa shape index (κ2) is 2.15.